The van der Waals surface area contributed by atoms with E-state index in [1.54, 1.807) is 0 Å². The molecule has 0 N–H and O–H groups in total. The average Bonchev–Trinajstić information content (AvgIpc) is 2.81. The van der Waals surface area contributed by atoms with Crippen LogP contribution in [0.4, 0.5) is 5.95 Å². The number of anilines is 1. The molecule has 2 bridgehead atoms. The Morgan fingerprint density at radius 3 is 2.52 bits per heavy atom. The Kier molecular flexibility index (Phi) is 4.26. The van der Waals surface area contributed by atoms with Gasteiger partial charge < -0.3 is 14.3 Å². The summed E-state index contributed by atoms with van der Waals surface area (Å²) >= 11 is 0. The van der Waals surface area contributed by atoms with E-state index in [2.05, 4.69) is 19.9 Å². The first-order valence-electron chi connectivity index (χ1n) is 7.28. The van der Waals surface area contributed by atoms with Gasteiger partial charge in [0.1, 0.15) is 0 Å². The van der Waals surface area contributed by atoms with Crippen LogP contribution in [0.5, 0.6) is 0 Å². The number of aromatic nitrogens is 2. The van der Waals surface area contributed by atoms with E-state index in [0.717, 1.165) is 24.6 Å². The minimum Gasteiger partial charge on any atom is -0.334 e. The lowest BCUT2D eigenvalue weighted by molar-refractivity contribution is 0.250. The molecule has 0 atom stereocenters. The molecule has 0 radical (unpaired) electrons. The van der Waals surface area contributed by atoms with Crippen LogP contribution >= 0.6 is 17.0 Å². The molecular formula is C15H19BrN4O. The lowest BCUT2D eigenvalue weighted by Crippen LogP contribution is -2.38. The summed E-state index contributed by atoms with van der Waals surface area (Å²) in [6.07, 6.45) is 2.41. The van der Waals surface area contributed by atoms with Gasteiger partial charge >= 0.3 is 0 Å². The molecule has 4 heterocycles. The summed E-state index contributed by atoms with van der Waals surface area (Å²) in [4.78, 5) is 9.44. The third-order valence-electron chi connectivity index (χ3n) is 4.35. The van der Waals surface area contributed by atoms with Gasteiger partial charge in [-0.15, -0.1) is 17.0 Å². The molecule has 0 saturated carbocycles. The van der Waals surface area contributed by atoms with E-state index in [1.807, 2.05) is 30.3 Å². The van der Waals surface area contributed by atoms with Crippen LogP contribution in [-0.2, 0) is 0 Å². The molecule has 6 heteroatoms. The Hall–Kier alpha value is -1.40. The van der Waals surface area contributed by atoms with Crippen molar-refractivity contribution >= 4 is 22.9 Å². The van der Waals surface area contributed by atoms with Crippen LogP contribution in [0.2, 0.25) is 0 Å². The summed E-state index contributed by atoms with van der Waals surface area (Å²) in [7, 11) is 0. The largest absolute Gasteiger partial charge is 0.334 e. The summed E-state index contributed by atoms with van der Waals surface area (Å²) in [6.45, 7) is 4.50. The maximum Gasteiger partial charge on any atom is 0.266 e. The van der Waals surface area contributed by atoms with Gasteiger partial charge in [0.15, 0.2) is 0 Å². The molecule has 112 valence electrons. The van der Waals surface area contributed by atoms with Crippen LogP contribution < -0.4 is 4.90 Å². The average molecular weight is 351 g/mol. The molecule has 0 aliphatic carbocycles. The van der Waals surface area contributed by atoms with Crippen molar-refractivity contribution in [1.82, 2.24) is 15.0 Å². The van der Waals surface area contributed by atoms with Crippen LogP contribution in [0, 0.1) is 0 Å². The Morgan fingerprint density at radius 1 is 1.00 bits per heavy atom. The highest BCUT2D eigenvalue weighted by molar-refractivity contribution is 8.93. The zero-order valence-corrected chi connectivity index (χ0v) is 13.5. The fourth-order valence-electron chi connectivity index (χ4n) is 3.18. The van der Waals surface area contributed by atoms with Crippen LogP contribution in [0.25, 0.3) is 11.5 Å². The van der Waals surface area contributed by atoms with Gasteiger partial charge in [0, 0.05) is 37.8 Å². The number of nitrogens with zero attached hydrogens (tertiary/aromatic N) is 4. The van der Waals surface area contributed by atoms with E-state index in [1.165, 1.54) is 25.9 Å². The van der Waals surface area contributed by atoms with Gasteiger partial charge in [-0.1, -0.05) is 18.2 Å². The molecule has 3 aliphatic rings. The maximum atomic E-state index is 5.43. The Labute approximate surface area is 134 Å². The number of fused-ring (bicyclic) bond motifs is 4. The first-order valence-corrected chi connectivity index (χ1v) is 7.28. The van der Waals surface area contributed by atoms with Crippen LogP contribution in [0.1, 0.15) is 12.8 Å². The number of halogens is 1. The van der Waals surface area contributed by atoms with Gasteiger partial charge in [-0.05, 0) is 30.1 Å². The van der Waals surface area contributed by atoms with Crippen molar-refractivity contribution in [3.05, 3.63) is 30.3 Å². The van der Waals surface area contributed by atoms with Gasteiger partial charge in [-0.2, -0.15) is 4.98 Å². The lowest BCUT2D eigenvalue weighted by Gasteiger charge is -2.30. The first-order chi connectivity index (χ1) is 9.90. The summed E-state index contributed by atoms with van der Waals surface area (Å²) in [6, 6.07) is 10.5. The summed E-state index contributed by atoms with van der Waals surface area (Å²) in [5.41, 5.74) is 0.981. The molecule has 5 rings (SSSR count). The van der Waals surface area contributed by atoms with Crippen LogP contribution in [0.3, 0.4) is 0 Å². The fraction of sp³-hybridized carbons (Fsp3) is 0.467. The van der Waals surface area contributed by atoms with Crippen LogP contribution in [-0.4, -0.2) is 47.3 Å². The summed E-state index contributed by atoms with van der Waals surface area (Å²) in [5, 5.41) is 4.20. The quantitative estimate of drug-likeness (QED) is 0.832. The van der Waals surface area contributed by atoms with Crippen molar-refractivity contribution in [1.29, 1.82) is 0 Å². The highest BCUT2D eigenvalue weighted by Gasteiger charge is 2.31. The van der Waals surface area contributed by atoms with Crippen molar-refractivity contribution in [3.8, 4) is 11.5 Å². The van der Waals surface area contributed by atoms with Crippen molar-refractivity contribution in [2.75, 3.05) is 31.1 Å². The molecule has 1 aromatic carbocycles. The Balaban J connectivity index is 0.00000132. The summed E-state index contributed by atoms with van der Waals surface area (Å²) in [5.74, 6) is 1.36. The highest BCUT2D eigenvalue weighted by Crippen LogP contribution is 2.26. The minimum atomic E-state index is 0. The molecule has 0 spiro atoms. The van der Waals surface area contributed by atoms with E-state index < -0.39 is 0 Å². The zero-order chi connectivity index (χ0) is 13.4. The fourth-order valence-corrected chi connectivity index (χ4v) is 3.18. The topological polar surface area (TPSA) is 45.4 Å². The molecule has 3 saturated heterocycles. The molecule has 2 aromatic rings. The number of benzene rings is 1. The van der Waals surface area contributed by atoms with Crippen molar-refractivity contribution in [2.24, 2.45) is 0 Å². The molecule has 1 aromatic heterocycles. The second-order valence-electron chi connectivity index (χ2n) is 5.53. The van der Waals surface area contributed by atoms with Crippen molar-refractivity contribution in [2.45, 2.75) is 18.9 Å². The molecule has 0 amide bonds. The zero-order valence-electron chi connectivity index (χ0n) is 11.8. The van der Waals surface area contributed by atoms with Crippen LogP contribution in [0.15, 0.2) is 34.9 Å². The van der Waals surface area contributed by atoms with E-state index >= 15 is 0 Å². The van der Waals surface area contributed by atoms with Gasteiger partial charge in [-0.25, -0.2) is 0 Å². The standard InChI is InChI=1S/C15H18N4O.BrH/c1-2-4-12(5-3-1)14-16-15(17-20-14)19-11-10-18-8-6-13(19)7-9-18;/h1-5,13H,6-11H2;1H. The third kappa shape index (κ3) is 2.82. The number of rotatable bonds is 2. The van der Waals surface area contributed by atoms with Crippen molar-refractivity contribution in [3.63, 3.8) is 0 Å². The second kappa shape index (κ2) is 6.15. The Morgan fingerprint density at radius 2 is 1.76 bits per heavy atom. The normalized spacial score (nSPS) is 24.5. The molecule has 21 heavy (non-hydrogen) atoms. The lowest BCUT2D eigenvalue weighted by atomic mass is 10.1. The molecule has 5 nitrogen and oxygen atoms in total. The summed E-state index contributed by atoms with van der Waals surface area (Å²) < 4.78 is 5.43. The predicted molar refractivity (Wildman–Crippen MR) is 86.9 cm³/mol. The second-order valence-corrected chi connectivity index (χ2v) is 5.53. The van der Waals surface area contributed by atoms with Gasteiger partial charge in [-0.3, -0.25) is 0 Å². The monoisotopic (exact) mass is 350 g/mol. The SMILES string of the molecule is Br.c1ccc(-c2nc(N3CCN4CCC3CC4)no2)cc1. The molecule has 0 unspecified atom stereocenters. The number of hydrogen-bond acceptors (Lipinski definition) is 5. The van der Waals surface area contributed by atoms with Gasteiger partial charge in [0.2, 0.25) is 0 Å². The maximum absolute atomic E-state index is 5.43. The first kappa shape index (κ1) is 14.5. The molecule has 3 fully saturated rings. The van der Waals surface area contributed by atoms with E-state index in [9.17, 15) is 0 Å². The number of hydrogen-bond donors (Lipinski definition) is 0. The third-order valence-corrected chi connectivity index (χ3v) is 4.35. The molecular weight excluding hydrogens is 332 g/mol. The van der Waals surface area contributed by atoms with Gasteiger partial charge in [0.25, 0.3) is 11.8 Å². The number of piperidine rings is 1. The van der Waals surface area contributed by atoms with Gasteiger partial charge in [0.05, 0.1) is 0 Å². The minimum absolute atomic E-state index is 0. The Bertz CT molecular complexity index is 580. The van der Waals surface area contributed by atoms with Crippen molar-refractivity contribution < 1.29 is 4.52 Å². The molecule has 3 aliphatic heterocycles. The smallest absolute Gasteiger partial charge is 0.266 e. The highest BCUT2D eigenvalue weighted by atomic mass is 79.9. The van der Waals surface area contributed by atoms with E-state index in [-0.39, 0.29) is 17.0 Å². The van der Waals surface area contributed by atoms with E-state index in [4.69, 9.17) is 4.52 Å². The predicted octanol–water partition coefficient (Wildman–Crippen LogP) is 2.60. The van der Waals surface area contributed by atoms with E-state index in [0.29, 0.717) is 11.9 Å².